The molecule has 2 aromatic carbocycles. The Balaban J connectivity index is 1.56. The number of carbonyl (C=O) groups excluding carboxylic acids is 2. The van der Waals surface area contributed by atoms with Crippen LogP contribution < -0.4 is 15.0 Å². The normalized spacial score (nSPS) is 17.4. The SMILES string of the molecule is CN1C(=O)[C@@](C)(CO)Nc2c1cnc1[nH]cc(C(=O)c3ccc(Oc4ccccc4)cc3Cl)c21. The van der Waals surface area contributed by atoms with E-state index in [-0.39, 0.29) is 16.7 Å². The molecular weight excluding hydrogens is 456 g/mol. The zero-order valence-corrected chi connectivity index (χ0v) is 19.2. The van der Waals surface area contributed by atoms with E-state index >= 15 is 0 Å². The van der Waals surface area contributed by atoms with Gasteiger partial charge < -0.3 is 25.0 Å². The van der Waals surface area contributed by atoms with Gasteiger partial charge in [-0.1, -0.05) is 29.8 Å². The van der Waals surface area contributed by atoms with E-state index < -0.39 is 12.1 Å². The molecule has 0 aliphatic carbocycles. The Morgan fingerprint density at radius 1 is 1.18 bits per heavy atom. The van der Waals surface area contributed by atoms with Gasteiger partial charge in [-0.05, 0) is 31.2 Å². The lowest BCUT2D eigenvalue weighted by atomic mass is 9.95. The third-order valence-corrected chi connectivity index (χ3v) is 6.26. The number of benzene rings is 2. The van der Waals surface area contributed by atoms with E-state index in [9.17, 15) is 14.7 Å². The van der Waals surface area contributed by atoms with E-state index in [1.165, 1.54) is 4.90 Å². The highest BCUT2D eigenvalue weighted by atomic mass is 35.5. The number of aliphatic hydroxyl groups excluding tert-OH is 1. The summed E-state index contributed by atoms with van der Waals surface area (Å²) in [6.07, 6.45) is 3.12. The molecule has 0 radical (unpaired) electrons. The number of aromatic amines is 1. The Labute approximate surface area is 200 Å². The van der Waals surface area contributed by atoms with E-state index in [1.54, 1.807) is 44.6 Å². The molecule has 2 aromatic heterocycles. The summed E-state index contributed by atoms with van der Waals surface area (Å²) >= 11 is 6.48. The van der Waals surface area contributed by atoms with Crippen LogP contribution >= 0.6 is 11.6 Å². The Morgan fingerprint density at radius 2 is 1.94 bits per heavy atom. The van der Waals surface area contributed by atoms with Crippen LogP contribution in [-0.2, 0) is 4.79 Å². The minimum absolute atomic E-state index is 0.242. The summed E-state index contributed by atoms with van der Waals surface area (Å²) in [5.41, 5.74) is 0.919. The van der Waals surface area contributed by atoms with Gasteiger partial charge in [-0.3, -0.25) is 9.59 Å². The number of pyridine rings is 1. The van der Waals surface area contributed by atoms with Crippen molar-refractivity contribution in [1.29, 1.82) is 0 Å². The highest BCUT2D eigenvalue weighted by molar-refractivity contribution is 6.36. The van der Waals surface area contributed by atoms with Gasteiger partial charge in [0.1, 0.15) is 22.7 Å². The molecule has 8 nitrogen and oxygen atoms in total. The van der Waals surface area contributed by atoms with Gasteiger partial charge in [0.05, 0.1) is 40.2 Å². The van der Waals surface area contributed by atoms with Crippen molar-refractivity contribution < 1.29 is 19.4 Å². The van der Waals surface area contributed by atoms with Crippen molar-refractivity contribution in [3.63, 3.8) is 0 Å². The molecule has 5 rings (SSSR count). The molecule has 1 atom stereocenters. The molecule has 0 bridgehead atoms. The average molecular weight is 477 g/mol. The minimum atomic E-state index is -1.23. The largest absolute Gasteiger partial charge is 0.457 e. The Morgan fingerprint density at radius 3 is 2.65 bits per heavy atom. The van der Waals surface area contributed by atoms with E-state index in [4.69, 9.17) is 16.3 Å². The highest BCUT2D eigenvalue weighted by Crippen LogP contribution is 2.41. The average Bonchev–Trinajstić information content (AvgIpc) is 3.28. The van der Waals surface area contributed by atoms with E-state index in [0.29, 0.717) is 45.0 Å². The fourth-order valence-corrected chi connectivity index (χ4v) is 4.33. The fourth-order valence-electron chi connectivity index (χ4n) is 4.07. The zero-order chi connectivity index (χ0) is 24.0. The molecule has 172 valence electrons. The van der Waals surface area contributed by atoms with E-state index in [1.807, 2.05) is 30.3 Å². The van der Waals surface area contributed by atoms with Crippen LogP contribution in [0.4, 0.5) is 11.4 Å². The van der Waals surface area contributed by atoms with Crippen LogP contribution in [-0.4, -0.2) is 46.0 Å². The fraction of sp³-hybridized carbons (Fsp3) is 0.160. The number of halogens is 1. The summed E-state index contributed by atoms with van der Waals surface area (Å²) < 4.78 is 5.80. The summed E-state index contributed by atoms with van der Waals surface area (Å²) in [5.74, 6) is 0.545. The molecule has 1 amide bonds. The van der Waals surface area contributed by atoms with Crippen molar-refractivity contribution in [3.8, 4) is 11.5 Å². The predicted molar refractivity (Wildman–Crippen MR) is 130 cm³/mol. The van der Waals surface area contributed by atoms with Crippen molar-refractivity contribution in [3.05, 3.63) is 77.1 Å². The molecule has 0 unspecified atom stereocenters. The highest BCUT2D eigenvalue weighted by Gasteiger charge is 2.42. The molecule has 0 spiro atoms. The maximum Gasteiger partial charge on any atom is 0.254 e. The lowest BCUT2D eigenvalue weighted by molar-refractivity contribution is -0.123. The van der Waals surface area contributed by atoms with Gasteiger partial charge in [0.25, 0.3) is 5.91 Å². The standard InChI is InChI=1S/C25H21ClN4O4/c1-25(13-31)24(33)30(2)19-12-28-23-20(21(19)29-25)17(11-27-23)22(32)16-9-8-15(10-18(16)26)34-14-6-4-3-5-7-14/h3-12,29,31H,13H2,1-2H3,(H,27,28)/t25-/m1/s1. The van der Waals surface area contributed by atoms with Crippen molar-refractivity contribution in [2.45, 2.75) is 12.5 Å². The Kier molecular flexibility index (Phi) is 5.27. The van der Waals surface area contributed by atoms with Crippen molar-refractivity contribution in [1.82, 2.24) is 9.97 Å². The quantitative estimate of drug-likeness (QED) is 0.369. The molecule has 4 aromatic rings. The monoisotopic (exact) mass is 476 g/mol. The summed E-state index contributed by atoms with van der Waals surface area (Å²) in [6.45, 7) is 1.19. The van der Waals surface area contributed by atoms with Crippen LogP contribution in [0.15, 0.2) is 60.9 Å². The zero-order valence-electron chi connectivity index (χ0n) is 18.4. The predicted octanol–water partition coefficient (Wildman–Crippen LogP) is 4.38. The first-order chi connectivity index (χ1) is 16.3. The van der Waals surface area contributed by atoms with Gasteiger partial charge >= 0.3 is 0 Å². The third-order valence-electron chi connectivity index (χ3n) is 5.95. The first kappa shape index (κ1) is 21.9. The van der Waals surface area contributed by atoms with Gasteiger partial charge in [-0.25, -0.2) is 4.98 Å². The topological polar surface area (TPSA) is 108 Å². The van der Waals surface area contributed by atoms with Gasteiger partial charge in [0.15, 0.2) is 5.78 Å². The molecule has 1 aliphatic heterocycles. The number of ketones is 1. The molecular formula is C25H21ClN4O4. The molecule has 9 heteroatoms. The van der Waals surface area contributed by atoms with Gasteiger partial charge in [-0.2, -0.15) is 0 Å². The van der Waals surface area contributed by atoms with Crippen molar-refractivity contribution >= 4 is 45.7 Å². The number of aliphatic hydroxyl groups is 1. The van der Waals surface area contributed by atoms with Crippen LogP contribution in [0.2, 0.25) is 5.02 Å². The van der Waals surface area contributed by atoms with Gasteiger partial charge in [0.2, 0.25) is 0 Å². The third kappa shape index (κ3) is 3.48. The van der Waals surface area contributed by atoms with Crippen molar-refractivity contribution in [2.75, 3.05) is 23.9 Å². The number of fused-ring (bicyclic) bond motifs is 3. The second-order valence-corrected chi connectivity index (χ2v) is 8.72. The number of rotatable bonds is 5. The number of nitrogens with zero attached hydrogens (tertiary/aromatic N) is 2. The molecule has 0 saturated heterocycles. The Bertz CT molecular complexity index is 1440. The minimum Gasteiger partial charge on any atom is -0.457 e. The number of hydrogen-bond donors (Lipinski definition) is 3. The van der Waals surface area contributed by atoms with Crippen LogP contribution in [0, 0.1) is 0 Å². The molecule has 1 aliphatic rings. The number of likely N-dealkylation sites (N-methyl/N-ethyl adjacent to an activating group) is 1. The summed E-state index contributed by atoms with van der Waals surface area (Å²) in [4.78, 5) is 35.1. The van der Waals surface area contributed by atoms with Gasteiger partial charge in [0, 0.05) is 24.9 Å². The number of ether oxygens (including phenoxy) is 1. The molecule has 3 heterocycles. The Hall–Kier alpha value is -3.88. The number of para-hydroxylation sites is 1. The molecule has 34 heavy (non-hydrogen) atoms. The smallest absolute Gasteiger partial charge is 0.254 e. The number of anilines is 2. The number of amides is 1. The summed E-state index contributed by atoms with van der Waals surface area (Å²) in [6, 6.07) is 14.2. The number of hydrogen-bond acceptors (Lipinski definition) is 6. The van der Waals surface area contributed by atoms with Crippen molar-refractivity contribution in [2.24, 2.45) is 0 Å². The maximum atomic E-state index is 13.5. The summed E-state index contributed by atoms with van der Waals surface area (Å²) in [7, 11) is 1.61. The first-order valence-corrected chi connectivity index (χ1v) is 10.9. The lowest BCUT2D eigenvalue weighted by Crippen LogP contribution is -2.56. The maximum absolute atomic E-state index is 13.5. The van der Waals surface area contributed by atoms with E-state index in [2.05, 4.69) is 15.3 Å². The number of aromatic nitrogens is 2. The van der Waals surface area contributed by atoms with Crippen LogP contribution in [0.3, 0.4) is 0 Å². The van der Waals surface area contributed by atoms with E-state index in [0.717, 1.165) is 0 Å². The number of H-pyrrole nitrogens is 1. The molecule has 0 fully saturated rings. The second kappa shape index (κ2) is 8.16. The molecule has 3 N–H and O–H groups in total. The lowest BCUT2D eigenvalue weighted by Gasteiger charge is -2.39. The summed E-state index contributed by atoms with van der Waals surface area (Å²) in [5, 5.41) is 13.8. The number of carbonyl (C=O) groups is 2. The first-order valence-electron chi connectivity index (χ1n) is 10.6. The van der Waals surface area contributed by atoms with Crippen LogP contribution in [0.25, 0.3) is 11.0 Å². The second-order valence-electron chi connectivity index (χ2n) is 8.31. The van der Waals surface area contributed by atoms with Crippen LogP contribution in [0.5, 0.6) is 11.5 Å². The number of nitrogens with one attached hydrogen (secondary N) is 2. The van der Waals surface area contributed by atoms with Crippen LogP contribution in [0.1, 0.15) is 22.8 Å². The van der Waals surface area contributed by atoms with Gasteiger partial charge in [-0.15, -0.1) is 0 Å². The molecule has 0 saturated carbocycles.